The minimum Gasteiger partial charge on any atom is -0.493 e. The number of methoxy groups -OCH3 is 1. The van der Waals surface area contributed by atoms with Crippen LogP contribution in [0.2, 0.25) is 5.02 Å². The number of carbonyl (C=O) groups excluding carboxylic acids is 1. The summed E-state index contributed by atoms with van der Waals surface area (Å²) in [5, 5.41) is 0.539. The van der Waals surface area contributed by atoms with Crippen molar-refractivity contribution in [1.29, 1.82) is 0 Å². The predicted octanol–water partition coefficient (Wildman–Crippen LogP) is 6.94. The molecule has 1 aliphatic heterocycles. The van der Waals surface area contributed by atoms with Gasteiger partial charge in [-0.25, -0.2) is 9.79 Å². The number of fused-ring (bicyclic) bond motifs is 1. The summed E-state index contributed by atoms with van der Waals surface area (Å²) in [6.07, 6.45) is 1.78. The van der Waals surface area contributed by atoms with Crippen molar-refractivity contribution in [3.8, 4) is 11.5 Å². The third kappa shape index (κ3) is 6.44. The number of hydrogen-bond acceptors (Lipinski definition) is 7. The van der Waals surface area contributed by atoms with Gasteiger partial charge in [-0.05, 0) is 69.9 Å². The van der Waals surface area contributed by atoms with E-state index in [1.165, 1.54) is 11.3 Å². The molecule has 232 valence electrons. The van der Waals surface area contributed by atoms with Crippen LogP contribution in [0.3, 0.4) is 0 Å². The molecule has 10 heteroatoms. The minimum absolute atomic E-state index is 0.171. The molecular formula is C36H28BrClN2O5S. The van der Waals surface area contributed by atoms with Crippen LogP contribution in [0.5, 0.6) is 11.5 Å². The number of hydrogen-bond donors (Lipinski definition) is 0. The summed E-state index contributed by atoms with van der Waals surface area (Å²) in [6, 6.07) is 29.3. The number of esters is 1. The molecule has 0 saturated carbocycles. The van der Waals surface area contributed by atoms with Gasteiger partial charge < -0.3 is 14.2 Å². The summed E-state index contributed by atoms with van der Waals surface area (Å²) >= 11 is 11.1. The van der Waals surface area contributed by atoms with E-state index in [2.05, 4.69) is 15.9 Å². The number of rotatable bonds is 9. The molecule has 1 unspecified atom stereocenters. The van der Waals surface area contributed by atoms with Crippen LogP contribution in [0.1, 0.15) is 35.2 Å². The van der Waals surface area contributed by atoms with Crippen LogP contribution in [-0.2, 0) is 16.1 Å². The van der Waals surface area contributed by atoms with Crippen molar-refractivity contribution in [2.45, 2.75) is 19.6 Å². The van der Waals surface area contributed by atoms with Crippen molar-refractivity contribution >= 4 is 56.6 Å². The molecule has 1 aliphatic rings. The van der Waals surface area contributed by atoms with Gasteiger partial charge in [-0.1, -0.05) is 95.7 Å². The monoisotopic (exact) mass is 714 g/mol. The van der Waals surface area contributed by atoms with Crippen LogP contribution in [0.15, 0.2) is 117 Å². The molecular weight excluding hydrogens is 688 g/mol. The second-order valence-electron chi connectivity index (χ2n) is 10.3. The molecule has 0 radical (unpaired) electrons. The second-order valence-corrected chi connectivity index (χ2v) is 12.6. The van der Waals surface area contributed by atoms with Crippen LogP contribution in [0, 0.1) is 0 Å². The van der Waals surface area contributed by atoms with E-state index in [1.54, 1.807) is 36.8 Å². The lowest BCUT2D eigenvalue weighted by Crippen LogP contribution is -2.40. The van der Waals surface area contributed by atoms with Crippen LogP contribution >= 0.6 is 38.9 Å². The molecule has 7 nitrogen and oxygen atoms in total. The average molecular weight is 716 g/mol. The quantitative estimate of drug-likeness (QED) is 0.155. The van der Waals surface area contributed by atoms with Crippen molar-refractivity contribution < 1.29 is 19.0 Å². The summed E-state index contributed by atoms with van der Waals surface area (Å²) in [7, 11) is 1.57. The molecule has 0 fully saturated rings. The maximum Gasteiger partial charge on any atom is 0.338 e. The van der Waals surface area contributed by atoms with Gasteiger partial charge in [-0.3, -0.25) is 9.36 Å². The highest BCUT2D eigenvalue weighted by Crippen LogP contribution is 2.38. The zero-order valence-corrected chi connectivity index (χ0v) is 28.1. The van der Waals surface area contributed by atoms with Gasteiger partial charge in [0, 0.05) is 10.6 Å². The van der Waals surface area contributed by atoms with E-state index < -0.39 is 12.0 Å². The molecule has 5 aromatic rings. The van der Waals surface area contributed by atoms with Crippen molar-refractivity contribution in [3.05, 3.63) is 154 Å². The Morgan fingerprint density at radius 2 is 1.72 bits per heavy atom. The molecule has 0 amide bonds. The number of thiazole rings is 1. The summed E-state index contributed by atoms with van der Waals surface area (Å²) in [5.74, 6) is 0.526. The van der Waals surface area contributed by atoms with Gasteiger partial charge in [-0.2, -0.15) is 0 Å². The van der Waals surface area contributed by atoms with Crippen molar-refractivity contribution in [2.75, 3.05) is 13.7 Å². The van der Waals surface area contributed by atoms with Gasteiger partial charge in [0.2, 0.25) is 0 Å². The third-order valence-corrected chi connectivity index (χ3v) is 9.16. The molecule has 4 aromatic carbocycles. The molecule has 46 heavy (non-hydrogen) atoms. The maximum atomic E-state index is 14.2. The maximum absolute atomic E-state index is 14.2. The topological polar surface area (TPSA) is 79.1 Å². The van der Waals surface area contributed by atoms with Crippen LogP contribution in [-0.4, -0.2) is 24.3 Å². The lowest BCUT2D eigenvalue weighted by molar-refractivity contribution is -0.138. The Hall–Kier alpha value is -4.44. The second kappa shape index (κ2) is 13.9. The van der Waals surface area contributed by atoms with E-state index in [4.69, 9.17) is 30.8 Å². The standard InChI is InChI=1S/C36H28BrClN2O5S/c1-3-44-35(42)30-31(24-12-8-5-9-13-24)39-36-40(32(30)25-14-16-26(38)17-15-25)34(41)29(46-36)20-23-18-27(37)33(28(19-23)43-2)45-21-22-10-6-4-7-11-22/h4-20,32H,3,21H2,1-2H3. The van der Waals surface area contributed by atoms with Gasteiger partial charge in [0.25, 0.3) is 5.56 Å². The number of aromatic nitrogens is 1. The summed E-state index contributed by atoms with van der Waals surface area (Å²) in [6.45, 7) is 2.28. The van der Waals surface area contributed by atoms with Crippen molar-refractivity contribution in [1.82, 2.24) is 4.57 Å². The minimum atomic E-state index is -0.792. The first-order chi connectivity index (χ1) is 22.4. The molecule has 6 rings (SSSR count). The van der Waals surface area contributed by atoms with Gasteiger partial charge in [0.1, 0.15) is 6.61 Å². The number of halogens is 2. The zero-order valence-electron chi connectivity index (χ0n) is 24.9. The Morgan fingerprint density at radius 1 is 1.02 bits per heavy atom. The van der Waals surface area contributed by atoms with E-state index in [0.29, 0.717) is 48.2 Å². The summed E-state index contributed by atoms with van der Waals surface area (Å²) in [4.78, 5) is 33.2. The van der Waals surface area contributed by atoms with E-state index in [9.17, 15) is 9.59 Å². The highest BCUT2D eigenvalue weighted by atomic mass is 79.9. The Labute approximate surface area is 282 Å². The molecule has 0 saturated heterocycles. The molecule has 0 N–H and O–H groups in total. The highest BCUT2D eigenvalue weighted by molar-refractivity contribution is 9.10. The first-order valence-electron chi connectivity index (χ1n) is 14.5. The fourth-order valence-electron chi connectivity index (χ4n) is 5.25. The number of nitrogens with zero attached hydrogens (tertiary/aromatic N) is 2. The van der Waals surface area contributed by atoms with E-state index in [-0.39, 0.29) is 17.7 Å². The Morgan fingerprint density at radius 3 is 2.39 bits per heavy atom. The number of ether oxygens (including phenoxy) is 3. The van der Waals surface area contributed by atoms with Crippen molar-refractivity contribution in [2.24, 2.45) is 4.99 Å². The number of carbonyl (C=O) groups is 1. The molecule has 0 aliphatic carbocycles. The fourth-order valence-corrected chi connectivity index (χ4v) is 6.95. The van der Waals surface area contributed by atoms with Gasteiger partial charge in [0.15, 0.2) is 16.3 Å². The first kappa shape index (κ1) is 31.5. The molecule has 1 atom stereocenters. The first-order valence-corrected chi connectivity index (χ1v) is 16.4. The van der Waals surface area contributed by atoms with E-state index >= 15 is 0 Å². The molecule has 1 aromatic heterocycles. The molecule has 0 bridgehead atoms. The smallest absolute Gasteiger partial charge is 0.338 e. The zero-order chi connectivity index (χ0) is 32.2. The normalized spacial score (nSPS) is 14.4. The van der Waals surface area contributed by atoms with E-state index in [1.807, 2.05) is 84.9 Å². The Balaban J connectivity index is 1.50. The van der Waals surface area contributed by atoms with E-state index in [0.717, 1.165) is 16.7 Å². The van der Waals surface area contributed by atoms with Crippen LogP contribution in [0.4, 0.5) is 0 Å². The molecule has 2 heterocycles. The SMILES string of the molecule is CCOC(=O)C1=C(c2ccccc2)N=c2sc(=Cc3cc(Br)c(OCc4ccccc4)c(OC)c3)c(=O)n2C1c1ccc(Cl)cc1. The van der Waals surface area contributed by atoms with Crippen LogP contribution in [0.25, 0.3) is 11.8 Å². The molecule has 0 spiro atoms. The fraction of sp³-hybridized carbons (Fsp3) is 0.139. The van der Waals surface area contributed by atoms with Crippen molar-refractivity contribution in [3.63, 3.8) is 0 Å². The van der Waals surface area contributed by atoms with Gasteiger partial charge >= 0.3 is 5.97 Å². The Bertz CT molecular complexity index is 2110. The summed E-state index contributed by atoms with van der Waals surface area (Å²) < 4.78 is 20.0. The summed E-state index contributed by atoms with van der Waals surface area (Å²) in [5.41, 5.74) is 3.62. The lowest BCUT2D eigenvalue weighted by atomic mass is 9.93. The van der Waals surface area contributed by atoms with Crippen LogP contribution < -0.4 is 24.4 Å². The van der Waals surface area contributed by atoms with Gasteiger partial charge in [0.05, 0.1) is 40.0 Å². The number of benzene rings is 4. The lowest BCUT2D eigenvalue weighted by Gasteiger charge is -2.25. The van der Waals surface area contributed by atoms with Gasteiger partial charge in [-0.15, -0.1) is 0 Å². The predicted molar refractivity (Wildman–Crippen MR) is 184 cm³/mol. The highest BCUT2D eigenvalue weighted by Gasteiger charge is 2.35. The largest absolute Gasteiger partial charge is 0.493 e. The average Bonchev–Trinajstić information content (AvgIpc) is 3.38. The Kier molecular flexibility index (Phi) is 9.53. The third-order valence-electron chi connectivity index (χ3n) is 7.33.